The van der Waals surface area contributed by atoms with Crippen molar-refractivity contribution in [2.24, 2.45) is 0 Å². The molecule has 0 saturated heterocycles. The molecule has 2 amide bonds. The number of amides is 2. The fourth-order valence-corrected chi connectivity index (χ4v) is 3.46. The molecule has 1 N–H and O–H groups in total. The molecule has 3 rings (SSSR count). The lowest BCUT2D eigenvalue weighted by atomic mass is 10.0. The molecular formula is C22H23ClFN3O3. The van der Waals surface area contributed by atoms with Crippen molar-refractivity contribution in [3.05, 3.63) is 65.1 Å². The molecule has 0 saturated carbocycles. The zero-order chi connectivity index (χ0) is 21.7. The number of urea groups is 1. The number of methoxy groups -OCH3 is 2. The number of hydrogen-bond donors (Lipinski definition) is 1. The maximum atomic E-state index is 13.4. The number of pyridine rings is 1. The molecule has 0 aliphatic heterocycles. The summed E-state index contributed by atoms with van der Waals surface area (Å²) in [5.74, 6) is -0.0227. The Morgan fingerprint density at radius 2 is 1.97 bits per heavy atom. The maximum absolute atomic E-state index is 13.4. The Morgan fingerprint density at radius 1 is 1.23 bits per heavy atom. The predicted molar refractivity (Wildman–Crippen MR) is 116 cm³/mol. The van der Waals surface area contributed by atoms with Crippen LogP contribution in [-0.2, 0) is 4.74 Å². The third-order valence-electron chi connectivity index (χ3n) is 4.87. The van der Waals surface area contributed by atoms with E-state index in [0.29, 0.717) is 24.7 Å². The van der Waals surface area contributed by atoms with Gasteiger partial charge in [0.25, 0.3) is 0 Å². The van der Waals surface area contributed by atoms with Crippen LogP contribution < -0.4 is 10.1 Å². The van der Waals surface area contributed by atoms with Gasteiger partial charge in [0.05, 0.1) is 24.8 Å². The van der Waals surface area contributed by atoms with Crippen LogP contribution in [0, 0.1) is 5.82 Å². The van der Waals surface area contributed by atoms with Gasteiger partial charge in [0.2, 0.25) is 5.88 Å². The first-order chi connectivity index (χ1) is 14.5. The molecule has 0 fully saturated rings. The number of halogens is 2. The van der Waals surface area contributed by atoms with Gasteiger partial charge in [-0.3, -0.25) is 0 Å². The van der Waals surface area contributed by atoms with Crippen molar-refractivity contribution >= 4 is 34.1 Å². The van der Waals surface area contributed by atoms with Crippen molar-refractivity contribution in [3.8, 4) is 5.88 Å². The van der Waals surface area contributed by atoms with Crippen molar-refractivity contribution < 1.29 is 18.7 Å². The molecule has 1 heterocycles. The number of fused-ring (bicyclic) bond motifs is 1. The molecule has 2 aromatic carbocycles. The van der Waals surface area contributed by atoms with Crippen LogP contribution in [0.1, 0.15) is 18.5 Å². The highest BCUT2D eigenvalue weighted by atomic mass is 35.5. The highest BCUT2D eigenvalue weighted by Crippen LogP contribution is 2.32. The summed E-state index contributed by atoms with van der Waals surface area (Å²) in [4.78, 5) is 19.1. The van der Waals surface area contributed by atoms with Gasteiger partial charge in [-0.25, -0.2) is 14.2 Å². The van der Waals surface area contributed by atoms with Gasteiger partial charge in [0.15, 0.2) is 0 Å². The Labute approximate surface area is 179 Å². The first-order valence-electron chi connectivity index (χ1n) is 9.39. The van der Waals surface area contributed by atoms with Crippen LogP contribution in [0.3, 0.4) is 0 Å². The summed E-state index contributed by atoms with van der Waals surface area (Å²) in [6.45, 7) is 2.62. The standard InChI is InChI=1S/C22H23ClFN3O3/c1-14(18-13-25-21(30-3)17-7-5-4-6-16(17)18)27(10-11-29-2)22(28)26-15-8-9-20(24)19(23)12-15/h4-9,12-14H,10-11H2,1-3H3,(H,26,28). The van der Waals surface area contributed by atoms with E-state index in [1.165, 1.54) is 18.2 Å². The number of anilines is 1. The normalized spacial score (nSPS) is 11.9. The Bertz CT molecular complexity index is 1050. The SMILES string of the molecule is COCCN(C(=O)Nc1ccc(F)c(Cl)c1)C(C)c1cnc(OC)c2ccccc12. The quantitative estimate of drug-likeness (QED) is 0.553. The third-order valence-corrected chi connectivity index (χ3v) is 5.16. The molecule has 158 valence electrons. The zero-order valence-electron chi connectivity index (χ0n) is 17.0. The van der Waals surface area contributed by atoms with Gasteiger partial charge in [0, 0.05) is 36.5 Å². The number of carbonyl (C=O) groups excluding carboxylic acids is 1. The molecule has 8 heteroatoms. The average molecular weight is 432 g/mol. The minimum atomic E-state index is -0.546. The van der Waals surface area contributed by atoms with Gasteiger partial charge in [-0.1, -0.05) is 29.8 Å². The van der Waals surface area contributed by atoms with Gasteiger partial charge < -0.3 is 19.7 Å². The monoisotopic (exact) mass is 431 g/mol. The summed E-state index contributed by atoms with van der Waals surface area (Å²) >= 11 is 5.83. The number of carbonyl (C=O) groups is 1. The molecule has 1 unspecified atom stereocenters. The summed E-state index contributed by atoms with van der Waals surface area (Å²) in [5.41, 5.74) is 1.27. The molecule has 0 radical (unpaired) electrons. The molecule has 1 atom stereocenters. The first kappa shape index (κ1) is 21.8. The van der Waals surface area contributed by atoms with E-state index in [-0.39, 0.29) is 17.1 Å². The molecule has 3 aromatic rings. The minimum absolute atomic E-state index is 0.0605. The van der Waals surface area contributed by atoms with E-state index in [1.54, 1.807) is 25.3 Å². The van der Waals surface area contributed by atoms with Crippen LogP contribution in [0.15, 0.2) is 48.7 Å². The summed E-state index contributed by atoms with van der Waals surface area (Å²) in [6, 6.07) is 11.1. The fraction of sp³-hybridized carbons (Fsp3) is 0.273. The topological polar surface area (TPSA) is 63.7 Å². The number of benzene rings is 2. The summed E-state index contributed by atoms with van der Waals surface area (Å²) < 4.78 is 24.0. The fourth-order valence-electron chi connectivity index (χ4n) is 3.28. The summed E-state index contributed by atoms with van der Waals surface area (Å²) in [6.07, 6.45) is 1.72. The molecule has 0 spiro atoms. The van der Waals surface area contributed by atoms with Gasteiger partial charge in [-0.15, -0.1) is 0 Å². The minimum Gasteiger partial charge on any atom is -0.481 e. The third kappa shape index (κ3) is 4.63. The Balaban J connectivity index is 1.94. The number of ether oxygens (including phenoxy) is 2. The largest absolute Gasteiger partial charge is 0.481 e. The first-order valence-corrected chi connectivity index (χ1v) is 9.77. The Morgan fingerprint density at radius 3 is 2.63 bits per heavy atom. The predicted octanol–water partition coefficient (Wildman–Crippen LogP) is 5.28. The second-order valence-corrected chi connectivity index (χ2v) is 7.10. The van der Waals surface area contributed by atoms with Crippen LogP contribution in [0.4, 0.5) is 14.9 Å². The van der Waals surface area contributed by atoms with Gasteiger partial charge in [-0.05, 0) is 36.6 Å². The molecule has 30 heavy (non-hydrogen) atoms. The lowest BCUT2D eigenvalue weighted by Gasteiger charge is -2.30. The van der Waals surface area contributed by atoms with Crippen LogP contribution in [0.2, 0.25) is 5.02 Å². The Hall–Kier alpha value is -2.90. The molecule has 0 bridgehead atoms. The van der Waals surface area contributed by atoms with E-state index in [4.69, 9.17) is 21.1 Å². The molecule has 6 nitrogen and oxygen atoms in total. The van der Waals surface area contributed by atoms with Crippen molar-refractivity contribution in [2.75, 3.05) is 32.7 Å². The zero-order valence-corrected chi connectivity index (χ0v) is 17.7. The van der Waals surface area contributed by atoms with Gasteiger partial charge in [-0.2, -0.15) is 0 Å². The Kier molecular flexibility index (Phi) is 7.07. The lowest BCUT2D eigenvalue weighted by molar-refractivity contribution is 0.140. The summed E-state index contributed by atoms with van der Waals surface area (Å²) in [7, 11) is 3.15. The number of hydrogen-bond acceptors (Lipinski definition) is 4. The highest BCUT2D eigenvalue weighted by Gasteiger charge is 2.24. The number of rotatable bonds is 7. The van der Waals surface area contributed by atoms with E-state index >= 15 is 0 Å². The number of nitrogens with one attached hydrogen (secondary N) is 1. The van der Waals surface area contributed by atoms with Crippen LogP contribution in [0.25, 0.3) is 10.8 Å². The summed E-state index contributed by atoms with van der Waals surface area (Å²) in [5, 5.41) is 4.52. The van der Waals surface area contributed by atoms with Crippen LogP contribution >= 0.6 is 11.6 Å². The smallest absolute Gasteiger partial charge is 0.322 e. The van der Waals surface area contributed by atoms with Crippen molar-refractivity contribution in [3.63, 3.8) is 0 Å². The maximum Gasteiger partial charge on any atom is 0.322 e. The van der Waals surface area contributed by atoms with Crippen molar-refractivity contribution in [1.82, 2.24) is 9.88 Å². The molecule has 0 aliphatic carbocycles. The highest BCUT2D eigenvalue weighted by molar-refractivity contribution is 6.31. The van der Waals surface area contributed by atoms with E-state index in [9.17, 15) is 9.18 Å². The van der Waals surface area contributed by atoms with Crippen molar-refractivity contribution in [2.45, 2.75) is 13.0 Å². The lowest BCUT2D eigenvalue weighted by Crippen LogP contribution is -2.39. The number of nitrogens with zero attached hydrogens (tertiary/aromatic N) is 2. The molecule has 0 aliphatic rings. The molecule has 1 aromatic heterocycles. The second-order valence-electron chi connectivity index (χ2n) is 6.69. The van der Waals surface area contributed by atoms with Crippen LogP contribution in [-0.4, -0.2) is 43.3 Å². The van der Waals surface area contributed by atoms with Crippen molar-refractivity contribution in [1.29, 1.82) is 0 Å². The number of aromatic nitrogens is 1. The van der Waals surface area contributed by atoms with E-state index in [2.05, 4.69) is 10.3 Å². The van der Waals surface area contributed by atoms with Gasteiger partial charge in [0.1, 0.15) is 5.82 Å². The molecular weight excluding hydrogens is 409 g/mol. The second kappa shape index (κ2) is 9.73. The van der Waals surface area contributed by atoms with E-state index < -0.39 is 5.82 Å². The van der Waals surface area contributed by atoms with E-state index in [1.807, 2.05) is 31.2 Å². The van der Waals surface area contributed by atoms with E-state index in [0.717, 1.165) is 16.3 Å². The average Bonchev–Trinajstić information content (AvgIpc) is 2.75. The van der Waals surface area contributed by atoms with Crippen LogP contribution in [0.5, 0.6) is 5.88 Å². The van der Waals surface area contributed by atoms with Gasteiger partial charge >= 0.3 is 6.03 Å².